The highest BCUT2D eigenvalue weighted by Gasteiger charge is 2.24. The highest BCUT2D eigenvalue weighted by molar-refractivity contribution is 7.12. The first kappa shape index (κ1) is 18.4. The van der Waals surface area contributed by atoms with Crippen LogP contribution in [-0.2, 0) is 17.6 Å². The van der Waals surface area contributed by atoms with Crippen molar-refractivity contribution in [1.29, 1.82) is 0 Å². The van der Waals surface area contributed by atoms with E-state index in [4.69, 9.17) is 0 Å². The van der Waals surface area contributed by atoms with Gasteiger partial charge < -0.3 is 10.2 Å². The third-order valence-electron chi connectivity index (χ3n) is 4.95. The predicted molar refractivity (Wildman–Crippen MR) is 114 cm³/mol. The topological polar surface area (TPSA) is 49.4 Å². The van der Waals surface area contributed by atoms with Gasteiger partial charge in [0.15, 0.2) is 0 Å². The summed E-state index contributed by atoms with van der Waals surface area (Å²) in [5.74, 6) is 0.0132. The van der Waals surface area contributed by atoms with E-state index < -0.39 is 0 Å². The zero-order chi connectivity index (χ0) is 19.3. The lowest BCUT2D eigenvalue weighted by Crippen LogP contribution is -2.35. The molecule has 0 unspecified atom stereocenters. The third-order valence-corrected chi connectivity index (χ3v) is 5.81. The Morgan fingerprint density at radius 1 is 1.04 bits per heavy atom. The molecule has 1 aromatic heterocycles. The molecule has 0 aliphatic carbocycles. The summed E-state index contributed by atoms with van der Waals surface area (Å²) in [6.45, 7) is 0.704. The molecule has 3 aromatic rings. The van der Waals surface area contributed by atoms with Gasteiger partial charge in [-0.3, -0.25) is 9.59 Å². The fourth-order valence-corrected chi connectivity index (χ4v) is 4.19. The summed E-state index contributed by atoms with van der Waals surface area (Å²) in [5, 5.41) is 4.90. The van der Waals surface area contributed by atoms with Crippen LogP contribution in [0, 0.1) is 0 Å². The van der Waals surface area contributed by atoms with E-state index >= 15 is 0 Å². The molecule has 4 rings (SSSR count). The van der Waals surface area contributed by atoms with Crippen LogP contribution in [0.1, 0.15) is 33.6 Å². The van der Waals surface area contributed by atoms with Gasteiger partial charge in [0, 0.05) is 24.3 Å². The largest absolute Gasteiger partial charge is 0.326 e. The normalized spacial score (nSPS) is 13.1. The Morgan fingerprint density at radius 3 is 2.68 bits per heavy atom. The van der Waals surface area contributed by atoms with Crippen LogP contribution < -0.4 is 10.2 Å². The van der Waals surface area contributed by atoms with E-state index in [1.807, 2.05) is 70.9 Å². The van der Waals surface area contributed by atoms with Crippen molar-refractivity contribution in [3.05, 3.63) is 82.0 Å². The summed E-state index contributed by atoms with van der Waals surface area (Å²) in [6, 6.07) is 19.6. The Bertz CT molecular complexity index is 968. The maximum absolute atomic E-state index is 12.9. The summed E-state index contributed by atoms with van der Waals surface area (Å²) in [6.07, 6.45) is 3.04. The average Bonchev–Trinajstić information content (AvgIpc) is 3.27. The quantitative estimate of drug-likeness (QED) is 0.673. The molecule has 28 heavy (non-hydrogen) atoms. The molecule has 1 aliphatic rings. The number of carbonyl (C=O) groups excluding carboxylic acids is 2. The molecule has 4 nitrogen and oxygen atoms in total. The van der Waals surface area contributed by atoms with Crippen LogP contribution in [0.15, 0.2) is 66.0 Å². The van der Waals surface area contributed by atoms with Crippen LogP contribution in [0.25, 0.3) is 0 Å². The van der Waals surface area contributed by atoms with Crippen molar-refractivity contribution >= 4 is 34.5 Å². The Labute approximate surface area is 168 Å². The molecule has 5 heteroatoms. The van der Waals surface area contributed by atoms with Gasteiger partial charge in [0.1, 0.15) is 0 Å². The van der Waals surface area contributed by atoms with E-state index in [2.05, 4.69) is 5.32 Å². The van der Waals surface area contributed by atoms with E-state index in [0.717, 1.165) is 40.2 Å². The summed E-state index contributed by atoms with van der Waals surface area (Å²) < 4.78 is 0. The van der Waals surface area contributed by atoms with Gasteiger partial charge in [-0.05, 0) is 54.0 Å². The molecule has 0 bridgehead atoms. The number of thiophene rings is 1. The van der Waals surface area contributed by atoms with Gasteiger partial charge >= 0.3 is 0 Å². The number of fused-ring (bicyclic) bond motifs is 1. The zero-order valence-electron chi connectivity index (χ0n) is 15.6. The van der Waals surface area contributed by atoms with Gasteiger partial charge in [-0.25, -0.2) is 0 Å². The van der Waals surface area contributed by atoms with E-state index in [0.29, 0.717) is 19.4 Å². The third kappa shape index (κ3) is 4.15. The number of aryl methyl sites for hydroxylation is 2. The van der Waals surface area contributed by atoms with Crippen molar-refractivity contribution in [2.75, 3.05) is 16.8 Å². The lowest BCUT2D eigenvalue weighted by atomic mass is 10.0. The van der Waals surface area contributed by atoms with E-state index in [1.54, 1.807) is 0 Å². The summed E-state index contributed by atoms with van der Waals surface area (Å²) in [5.41, 5.74) is 3.95. The summed E-state index contributed by atoms with van der Waals surface area (Å²) in [4.78, 5) is 27.8. The molecule has 0 radical (unpaired) electrons. The fraction of sp³-hybridized carbons (Fsp3) is 0.217. The highest BCUT2D eigenvalue weighted by atomic mass is 32.1. The molecule has 2 aromatic carbocycles. The predicted octanol–water partition coefficient (Wildman–Crippen LogP) is 4.91. The van der Waals surface area contributed by atoms with Crippen LogP contribution in [0.5, 0.6) is 0 Å². The second-order valence-electron chi connectivity index (χ2n) is 6.91. The number of nitrogens with one attached hydrogen (secondary N) is 1. The van der Waals surface area contributed by atoms with E-state index in [1.165, 1.54) is 11.3 Å². The Morgan fingerprint density at radius 2 is 1.89 bits per heavy atom. The molecular weight excluding hydrogens is 368 g/mol. The first-order valence-corrected chi connectivity index (χ1v) is 10.4. The number of hydrogen-bond acceptors (Lipinski definition) is 3. The second kappa shape index (κ2) is 8.40. The number of amides is 2. The molecule has 0 saturated heterocycles. The second-order valence-corrected chi connectivity index (χ2v) is 7.86. The van der Waals surface area contributed by atoms with Crippen molar-refractivity contribution in [1.82, 2.24) is 0 Å². The molecule has 0 atom stereocenters. The Kier molecular flexibility index (Phi) is 5.53. The number of hydrogen-bond donors (Lipinski definition) is 1. The van der Waals surface area contributed by atoms with Crippen LogP contribution in [0.3, 0.4) is 0 Å². The molecule has 0 fully saturated rings. The van der Waals surface area contributed by atoms with Crippen molar-refractivity contribution < 1.29 is 9.59 Å². The minimum atomic E-state index is -0.0178. The fourth-order valence-electron chi connectivity index (χ4n) is 3.52. The number of benzene rings is 2. The SMILES string of the molecule is O=C(CCc1ccccc1)Nc1ccc2c(c1)N(C(=O)c1cccs1)CCC2. The lowest BCUT2D eigenvalue weighted by molar-refractivity contribution is -0.116. The molecule has 142 valence electrons. The standard InChI is InChI=1S/C23H22N2O2S/c26-22(13-10-17-6-2-1-3-7-17)24-19-12-11-18-8-4-14-25(20(18)16-19)23(27)21-9-5-15-28-21/h1-3,5-7,9,11-12,15-16H,4,8,10,13-14H2,(H,24,26). The van der Waals surface area contributed by atoms with Crippen molar-refractivity contribution in [2.24, 2.45) is 0 Å². The van der Waals surface area contributed by atoms with Crippen LogP contribution in [0.4, 0.5) is 11.4 Å². The Balaban J connectivity index is 1.47. The zero-order valence-corrected chi connectivity index (χ0v) is 16.4. The van der Waals surface area contributed by atoms with E-state index in [9.17, 15) is 9.59 Å². The molecule has 2 heterocycles. The van der Waals surface area contributed by atoms with Crippen LogP contribution in [-0.4, -0.2) is 18.4 Å². The number of rotatable bonds is 5. The molecule has 0 spiro atoms. The molecular formula is C23H22N2O2S. The van der Waals surface area contributed by atoms with Gasteiger partial charge in [0.05, 0.1) is 4.88 Å². The smallest absolute Gasteiger partial charge is 0.268 e. The van der Waals surface area contributed by atoms with E-state index in [-0.39, 0.29) is 11.8 Å². The maximum atomic E-state index is 12.9. The van der Waals surface area contributed by atoms with Crippen molar-refractivity contribution in [3.8, 4) is 0 Å². The maximum Gasteiger partial charge on any atom is 0.268 e. The van der Waals surface area contributed by atoms with Gasteiger partial charge in [-0.15, -0.1) is 11.3 Å². The first-order chi connectivity index (χ1) is 13.7. The molecule has 1 aliphatic heterocycles. The van der Waals surface area contributed by atoms with Crippen LogP contribution in [0.2, 0.25) is 0 Å². The summed E-state index contributed by atoms with van der Waals surface area (Å²) >= 11 is 1.46. The first-order valence-electron chi connectivity index (χ1n) is 9.53. The number of nitrogens with zero attached hydrogens (tertiary/aromatic N) is 1. The molecule has 0 saturated carbocycles. The Hall–Kier alpha value is -2.92. The number of carbonyl (C=O) groups is 2. The van der Waals surface area contributed by atoms with Crippen molar-refractivity contribution in [3.63, 3.8) is 0 Å². The highest BCUT2D eigenvalue weighted by Crippen LogP contribution is 2.32. The average molecular weight is 391 g/mol. The van der Waals surface area contributed by atoms with Gasteiger partial charge in [-0.1, -0.05) is 42.5 Å². The number of anilines is 2. The van der Waals surface area contributed by atoms with Crippen molar-refractivity contribution in [2.45, 2.75) is 25.7 Å². The van der Waals surface area contributed by atoms with Gasteiger partial charge in [0.2, 0.25) is 5.91 Å². The minimum absolute atomic E-state index is 0.0178. The van der Waals surface area contributed by atoms with Gasteiger partial charge in [-0.2, -0.15) is 0 Å². The van der Waals surface area contributed by atoms with Gasteiger partial charge in [0.25, 0.3) is 5.91 Å². The lowest BCUT2D eigenvalue weighted by Gasteiger charge is -2.29. The van der Waals surface area contributed by atoms with Crippen LogP contribution >= 0.6 is 11.3 Å². The monoisotopic (exact) mass is 390 g/mol. The molecule has 1 N–H and O–H groups in total. The molecule has 2 amide bonds. The minimum Gasteiger partial charge on any atom is -0.326 e. The summed E-state index contributed by atoms with van der Waals surface area (Å²) in [7, 11) is 0.